The van der Waals surface area contributed by atoms with Crippen LogP contribution in [0.3, 0.4) is 0 Å². The van der Waals surface area contributed by atoms with Crippen LogP contribution in [0.15, 0.2) is 36.4 Å². The Hall–Kier alpha value is -2.30. The molecule has 24 heavy (non-hydrogen) atoms. The zero-order chi connectivity index (χ0) is 17.1. The zero-order valence-electron chi connectivity index (χ0n) is 13.1. The van der Waals surface area contributed by atoms with Crippen molar-refractivity contribution in [1.82, 2.24) is 9.97 Å². The monoisotopic (exact) mass is 360 g/mol. The van der Waals surface area contributed by atoms with Gasteiger partial charge in [0, 0.05) is 16.5 Å². The van der Waals surface area contributed by atoms with Crippen molar-refractivity contribution in [3.8, 4) is 11.5 Å². The highest BCUT2D eigenvalue weighted by Crippen LogP contribution is 2.26. The molecule has 1 heterocycles. The molecule has 4 nitrogen and oxygen atoms in total. The van der Waals surface area contributed by atoms with Crippen molar-refractivity contribution in [2.45, 2.75) is 0 Å². The van der Waals surface area contributed by atoms with E-state index in [2.05, 4.69) is 9.97 Å². The second kappa shape index (κ2) is 7.07. The molecule has 3 rings (SSSR count). The number of hydrogen-bond acceptors (Lipinski definition) is 4. The van der Waals surface area contributed by atoms with Crippen molar-refractivity contribution in [2.24, 2.45) is 0 Å². The summed E-state index contributed by atoms with van der Waals surface area (Å²) in [5.74, 6) is 1.93. The number of rotatable bonds is 4. The van der Waals surface area contributed by atoms with E-state index in [0.29, 0.717) is 27.5 Å². The highest BCUT2D eigenvalue weighted by molar-refractivity contribution is 6.35. The van der Waals surface area contributed by atoms with Gasteiger partial charge in [0.25, 0.3) is 0 Å². The van der Waals surface area contributed by atoms with E-state index in [0.717, 1.165) is 16.5 Å². The molecular formula is C18H14Cl2N2O2. The van der Waals surface area contributed by atoms with Crippen LogP contribution < -0.4 is 9.47 Å². The summed E-state index contributed by atoms with van der Waals surface area (Å²) >= 11 is 12.2. The van der Waals surface area contributed by atoms with Gasteiger partial charge in [-0.15, -0.1) is 0 Å². The van der Waals surface area contributed by atoms with Crippen LogP contribution in [0.1, 0.15) is 11.4 Å². The molecule has 0 fully saturated rings. The summed E-state index contributed by atoms with van der Waals surface area (Å²) in [4.78, 5) is 8.76. The van der Waals surface area contributed by atoms with Crippen molar-refractivity contribution in [1.29, 1.82) is 0 Å². The van der Waals surface area contributed by atoms with E-state index < -0.39 is 0 Å². The van der Waals surface area contributed by atoms with Crippen molar-refractivity contribution in [3.63, 3.8) is 0 Å². The molecular weight excluding hydrogens is 347 g/mol. The van der Waals surface area contributed by atoms with Gasteiger partial charge in [-0.1, -0.05) is 29.3 Å². The molecule has 6 heteroatoms. The normalized spacial score (nSPS) is 11.2. The molecule has 0 radical (unpaired) electrons. The topological polar surface area (TPSA) is 44.2 Å². The quantitative estimate of drug-likeness (QED) is 0.605. The lowest BCUT2D eigenvalue weighted by Crippen LogP contribution is -1.91. The average Bonchev–Trinajstić information content (AvgIpc) is 2.60. The summed E-state index contributed by atoms with van der Waals surface area (Å²) in [6.45, 7) is 0. The molecule has 0 saturated carbocycles. The summed E-state index contributed by atoms with van der Waals surface area (Å²) in [5, 5.41) is 1.69. The van der Waals surface area contributed by atoms with Crippen LogP contribution in [-0.2, 0) is 0 Å². The lowest BCUT2D eigenvalue weighted by Gasteiger charge is -2.06. The predicted octanol–water partition coefficient (Wildman–Crippen LogP) is 5.12. The number of halogens is 2. The van der Waals surface area contributed by atoms with E-state index in [1.807, 2.05) is 30.3 Å². The van der Waals surface area contributed by atoms with Gasteiger partial charge in [-0.3, -0.25) is 0 Å². The minimum Gasteiger partial charge on any atom is -0.497 e. The lowest BCUT2D eigenvalue weighted by molar-refractivity contribution is 0.394. The third-order valence-corrected chi connectivity index (χ3v) is 3.95. The third-order valence-electron chi connectivity index (χ3n) is 3.43. The van der Waals surface area contributed by atoms with Gasteiger partial charge in [0.1, 0.15) is 16.7 Å². The standard InChI is InChI=1S/C18H14Cl2N2O2/c1-23-13-7-11(8-14(10-13)24-2)3-6-17-21-16-5-4-12(19)9-15(16)18(20)22-17/h3-10H,1-2H3/b6-3+. The Morgan fingerprint density at radius 1 is 0.875 bits per heavy atom. The number of nitrogens with zero attached hydrogens (tertiary/aromatic N) is 2. The van der Waals surface area contributed by atoms with Gasteiger partial charge >= 0.3 is 0 Å². The molecule has 0 spiro atoms. The maximum Gasteiger partial charge on any atom is 0.154 e. The fourth-order valence-corrected chi connectivity index (χ4v) is 2.66. The van der Waals surface area contributed by atoms with Gasteiger partial charge in [-0.25, -0.2) is 9.97 Å². The maximum atomic E-state index is 6.23. The second-order valence-electron chi connectivity index (χ2n) is 5.01. The molecule has 1 aromatic heterocycles. The third kappa shape index (κ3) is 3.61. The number of ether oxygens (including phenoxy) is 2. The molecule has 0 unspecified atom stereocenters. The van der Waals surface area contributed by atoms with E-state index in [-0.39, 0.29) is 0 Å². The molecule has 0 aliphatic rings. The molecule has 0 aliphatic heterocycles. The molecule has 0 saturated heterocycles. The van der Waals surface area contributed by atoms with E-state index >= 15 is 0 Å². The molecule has 0 aliphatic carbocycles. The van der Waals surface area contributed by atoms with Gasteiger partial charge in [0.05, 0.1) is 19.7 Å². The highest BCUT2D eigenvalue weighted by atomic mass is 35.5. The van der Waals surface area contributed by atoms with E-state index in [9.17, 15) is 0 Å². The van der Waals surface area contributed by atoms with Crippen molar-refractivity contribution < 1.29 is 9.47 Å². The Morgan fingerprint density at radius 2 is 1.58 bits per heavy atom. The first-order valence-corrected chi connectivity index (χ1v) is 7.88. The molecule has 0 amide bonds. The zero-order valence-corrected chi connectivity index (χ0v) is 14.6. The van der Waals surface area contributed by atoms with E-state index in [1.165, 1.54) is 0 Å². The second-order valence-corrected chi connectivity index (χ2v) is 5.81. The van der Waals surface area contributed by atoms with Crippen molar-refractivity contribution in [3.05, 3.63) is 58.0 Å². The van der Waals surface area contributed by atoms with E-state index in [1.54, 1.807) is 32.4 Å². The van der Waals surface area contributed by atoms with Gasteiger partial charge in [0.15, 0.2) is 5.82 Å². The number of fused-ring (bicyclic) bond motifs is 1. The number of methoxy groups -OCH3 is 2. The largest absolute Gasteiger partial charge is 0.497 e. The van der Waals surface area contributed by atoms with Crippen LogP contribution in [0, 0.1) is 0 Å². The van der Waals surface area contributed by atoms with Crippen molar-refractivity contribution in [2.75, 3.05) is 14.2 Å². The Morgan fingerprint density at radius 3 is 2.25 bits per heavy atom. The number of aromatic nitrogens is 2. The Labute approximate surface area is 149 Å². The molecule has 3 aromatic rings. The smallest absolute Gasteiger partial charge is 0.154 e. The van der Waals surface area contributed by atoms with Gasteiger partial charge in [0.2, 0.25) is 0 Å². The first kappa shape index (κ1) is 16.6. The van der Waals surface area contributed by atoms with E-state index in [4.69, 9.17) is 32.7 Å². The Kier molecular flexibility index (Phi) is 4.88. The van der Waals surface area contributed by atoms with Crippen molar-refractivity contribution >= 4 is 46.3 Å². The predicted molar refractivity (Wildman–Crippen MR) is 98.0 cm³/mol. The average molecular weight is 361 g/mol. The van der Waals surface area contributed by atoms with Crippen LogP contribution in [0.2, 0.25) is 10.2 Å². The van der Waals surface area contributed by atoms with Crippen LogP contribution in [0.4, 0.5) is 0 Å². The summed E-state index contributed by atoms with van der Waals surface area (Å²) in [5.41, 5.74) is 1.64. The molecule has 0 atom stereocenters. The van der Waals surface area contributed by atoms with Crippen LogP contribution in [0.5, 0.6) is 11.5 Å². The van der Waals surface area contributed by atoms with Gasteiger partial charge in [-0.05, 0) is 42.0 Å². The summed E-state index contributed by atoms with van der Waals surface area (Å²) < 4.78 is 10.5. The summed E-state index contributed by atoms with van der Waals surface area (Å²) in [6.07, 6.45) is 3.66. The highest BCUT2D eigenvalue weighted by Gasteiger charge is 2.05. The summed E-state index contributed by atoms with van der Waals surface area (Å²) in [7, 11) is 3.22. The number of hydrogen-bond donors (Lipinski definition) is 0. The molecule has 2 aromatic carbocycles. The van der Waals surface area contributed by atoms with Gasteiger partial charge < -0.3 is 9.47 Å². The fourth-order valence-electron chi connectivity index (χ4n) is 2.25. The Bertz CT molecular complexity index is 904. The van der Waals surface area contributed by atoms with Crippen LogP contribution in [0.25, 0.3) is 23.1 Å². The maximum absolute atomic E-state index is 6.23. The fraction of sp³-hybridized carbons (Fsp3) is 0.111. The minimum absolute atomic E-state index is 0.366. The molecule has 0 N–H and O–H groups in total. The first-order chi connectivity index (χ1) is 11.6. The number of benzene rings is 2. The molecule has 0 bridgehead atoms. The van der Waals surface area contributed by atoms with Crippen LogP contribution >= 0.6 is 23.2 Å². The summed E-state index contributed by atoms with van der Waals surface area (Å²) in [6, 6.07) is 10.9. The first-order valence-electron chi connectivity index (χ1n) is 7.13. The molecule has 122 valence electrons. The SMILES string of the molecule is COc1cc(/C=C/c2nc(Cl)c3cc(Cl)ccc3n2)cc(OC)c1. The lowest BCUT2D eigenvalue weighted by atomic mass is 10.2. The minimum atomic E-state index is 0.366. The van der Waals surface area contributed by atoms with Gasteiger partial charge in [-0.2, -0.15) is 0 Å². The Balaban J connectivity index is 1.97. The van der Waals surface area contributed by atoms with Crippen LogP contribution in [-0.4, -0.2) is 24.2 Å².